The number of aromatic carboxylic acids is 1. The van der Waals surface area contributed by atoms with Crippen LogP contribution >= 0.6 is 0 Å². The maximum atomic E-state index is 12.5. The van der Waals surface area contributed by atoms with Crippen LogP contribution in [-0.2, 0) is 0 Å². The van der Waals surface area contributed by atoms with Crippen LogP contribution in [0.1, 0.15) is 22.3 Å². The second kappa shape index (κ2) is 4.04. The van der Waals surface area contributed by atoms with Gasteiger partial charge in [0, 0.05) is 6.07 Å². The van der Waals surface area contributed by atoms with Gasteiger partial charge in [-0.3, -0.25) is 0 Å². The van der Waals surface area contributed by atoms with Crippen molar-refractivity contribution in [2.24, 2.45) is 0 Å². The molecule has 0 saturated heterocycles. The van der Waals surface area contributed by atoms with E-state index in [4.69, 9.17) is 10.8 Å². The number of carboxylic acids is 1. The minimum Gasteiger partial charge on any atom is -0.478 e. The number of halogens is 2. The van der Waals surface area contributed by atoms with Gasteiger partial charge in [-0.15, -0.1) is 0 Å². The molecule has 0 radical (unpaired) electrons. The molecule has 16 heavy (non-hydrogen) atoms. The largest absolute Gasteiger partial charge is 0.478 e. The Morgan fingerprint density at radius 3 is 2.56 bits per heavy atom. The van der Waals surface area contributed by atoms with Crippen LogP contribution in [-0.4, -0.2) is 21.0 Å². The molecule has 3 N–H and O–H groups in total. The van der Waals surface area contributed by atoms with E-state index in [-0.39, 0.29) is 0 Å². The quantitative estimate of drug-likeness (QED) is 0.598. The van der Waals surface area contributed by atoms with Crippen LogP contribution in [0.15, 0.2) is 6.07 Å². The molecule has 0 aliphatic carbocycles. The fourth-order valence-corrected chi connectivity index (χ4v) is 1.09. The van der Waals surface area contributed by atoms with Crippen LogP contribution in [0.2, 0.25) is 0 Å². The number of nitrogens with two attached hydrogens (primary N) is 1. The molecule has 1 aromatic rings. The molecule has 0 saturated carbocycles. The molecule has 0 bridgehead atoms. The van der Waals surface area contributed by atoms with E-state index in [2.05, 4.69) is 4.98 Å². The van der Waals surface area contributed by atoms with Crippen molar-refractivity contribution in [2.45, 2.75) is 6.43 Å². The second-order valence-electron chi connectivity index (χ2n) is 2.69. The predicted molar refractivity (Wildman–Crippen MR) is 47.2 cm³/mol. The minimum atomic E-state index is -3.32. The lowest BCUT2D eigenvalue weighted by atomic mass is 10.1. The highest BCUT2D eigenvalue weighted by atomic mass is 19.3. The molecule has 0 fully saturated rings. The zero-order chi connectivity index (χ0) is 12.5. The van der Waals surface area contributed by atoms with Gasteiger partial charge in [0.05, 0.1) is 5.56 Å². The first-order chi connectivity index (χ1) is 7.34. The van der Waals surface area contributed by atoms with Crippen molar-refractivity contribution in [1.29, 1.82) is 0 Å². The van der Waals surface area contributed by atoms with E-state index in [0.717, 1.165) is 0 Å². The van der Waals surface area contributed by atoms with Crippen molar-refractivity contribution in [1.82, 2.24) is 4.98 Å². The van der Waals surface area contributed by atoms with Crippen LogP contribution in [0.5, 0.6) is 0 Å². The molecule has 0 aliphatic rings. The van der Waals surface area contributed by atoms with E-state index >= 15 is 0 Å². The molecular formula is C7H5F2N3O4. The SMILES string of the molecule is Nc1cc(C(=O)O)c(C(F)F)c([N+](=O)[O-])n1. The Balaban J connectivity index is 3.60. The van der Waals surface area contributed by atoms with Crippen molar-refractivity contribution in [3.8, 4) is 0 Å². The highest BCUT2D eigenvalue weighted by molar-refractivity contribution is 5.91. The Labute approximate surface area is 86.7 Å². The van der Waals surface area contributed by atoms with Crippen molar-refractivity contribution < 1.29 is 23.6 Å². The first-order valence-corrected chi connectivity index (χ1v) is 3.80. The summed E-state index contributed by atoms with van der Waals surface area (Å²) in [5, 5.41) is 19.0. The Kier molecular flexibility index (Phi) is 2.97. The van der Waals surface area contributed by atoms with Crippen LogP contribution in [0.4, 0.5) is 20.4 Å². The first-order valence-electron chi connectivity index (χ1n) is 3.80. The summed E-state index contributed by atoms with van der Waals surface area (Å²) in [5.41, 5.74) is 2.91. The van der Waals surface area contributed by atoms with Crippen LogP contribution in [0.25, 0.3) is 0 Å². The summed E-state index contributed by atoms with van der Waals surface area (Å²) in [4.78, 5) is 22.9. The number of pyridine rings is 1. The lowest BCUT2D eigenvalue weighted by Gasteiger charge is -2.05. The topological polar surface area (TPSA) is 119 Å². The summed E-state index contributed by atoms with van der Waals surface area (Å²) in [6.45, 7) is 0. The van der Waals surface area contributed by atoms with E-state index in [0.29, 0.717) is 6.07 Å². The van der Waals surface area contributed by atoms with E-state index in [1.165, 1.54) is 0 Å². The maximum absolute atomic E-state index is 12.5. The molecule has 1 rings (SSSR count). The molecule has 0 unspecified atom stereocenters. The zero-order valence-corrected chi connectivity index (χ0v) is 7.55. The van der Waals surface area contributed by atoms with Gasteiger partial charge in [0.2, 0.25) is 5.82 Å². The molecule has 0 amide bonds. The van der Waals surface area contributed by atoms with Crippen molar-refractivity contribution in [3.05, 3.63) is 27.3 Å². The number of carbonyl (C=O) groups is 1. The zero-order valence-electron chi connectivity index (χ0n) is 7.55. The summed E-state index contributed by atoms with van der Waals surface area (Å²) < 4.78 is 25.0. The maximum Gasteiger partial charge on any atom is 0.375 e. The van der Waals surface area contributed by atoms with Gasteiger partial charge in [-0.05, 0) is 9.91 Å². The first kappa shape index (κ1) is 11.8. The number of hydrogen-bond acceptors (Lipinski definition) is 5. The van der Waals surface area contributed by atoms with E-state index in [1.807, 2.05) is 0 Å². The Hall–Kier alpha value is -2.32. The molecule has 0 atom stereocenters. The van der Waals surface area contributed by atoms with Crippen molar-refractivity contribution in [2.75, 3.05) is 5.73 Å². The molecule has 7 nitrogen and oxygen atoms in total. The number of nitro groups is 1. The fraction of sp³-hybridized carbons (Fsp3) is 0.143. The number of carboxylic acid groups (broad SMARTS) is 1. The molecule has 1 heterocycles. The third-order valence-corrected chi connectivity index (χ3v) is 1.68. The molecule has 9 heteroatoms. The molecule has 86 valence electrons. The summed E-state index contributed by atoms with van der Waals surface area (Å²) in [7, 11) is 0. The predicted octanol–water partition coefficient (Wildman–Crippen LogP) is 1.21. The summed E-state index contributed by atoms with van der Waals surface area (Å²) in [6, 6.07) is 0.650. The summed E-state index contributed by atoms with van der Waals surface area (Å²) in [6.07, 6.45) is -3.32. The minimum absolute atomic E-state index is 0.506. The third kappa shape index (κ3) is 2.02. The van der Waals surface area contributed by atoms with Gasteiger partial charge in [-0.25, -0.2) is 13.6 Å². The van der Waals surface area contributed by atoms with Gasteiger partial charge in [0.1, 0.15) is 5.56 Å². The average Bonchev–Trinajstić information content (AvgIpc) is 2.15. The smallest absolute Gasteiger partial charge is 0.375 e. The third-order valence-electron chi connectivity index (χ3n) is 1.68. The number of anilines is 1. The molecule has 0 spiro atoms. The lowest BCUT2D eigenvalue weighted by molar-refractivity contribution is -0.390. The van der Waals surface area contributed by atoms with E-state index < -0.39 is 40.1 Å². The van der Waals surface area contributed by atoms with Crippen molar-refractivity contribution in [3.63, 3.8) is 0 Å². The average molecular weight is 233 g/mol. The number of nitrogens with zero attached hydrogens (tertiary/aromatic N) is 2. The van der Waals surface area contributed by atoms with E-state index in [9.17, 15) is 23.7 Å². The number of rotatable bonds is 3. The molecule has 0 aliphatic heterocycles. The standard InChI is InChI=1S/C7H5F2N3O4/c8-5(9)4-2(7(13)14)1-3(10)11-6(4)12(15)16/h1,5H,(H2,10,11)(H,13,14). The van der Waals surface area contributed by atoms with E-state index in [1.54, 1.807) is 0 Å². The number of nitrogen functional groups attached to an aromatic ring is 1. The summed E-state index contributed by atoms with van der Waals surface area (Å²) in [5.74, 6) is -3.48. The fourth-order valence-electron chi connectivity index (χ4n) is 1.09. The van der Waals surface area contributed by atoms with Crippen LogP contribution in [0, 0.1) is 10.1 Å². The Morgan fingerprint density at radius 1 is 1.62 bits per heavy atom. The lowest BCUT2D eigenvalue weighted by Crippen LogP contribution is -2.10. The van der Waals surface area contributed by atoms with Crippen molar-refractivity contribution >= 4 is 17.6 Å². The monoisotopic (exact) mass is 233 g/mol. The number of aromatic nitrogens is 1. The molecular weight excluding hydrogens is 228 g/mol. The van der Waals surface area contributed by atoms with Gasteiger partial charge in [0.15, 0.2) is 0 Å². The van der Waals surface area contributed by atoms with Gasteiger partial charge < -0.3 is 21.0 Å². The second-order valence-corrected chi connectivity index (χ2v) is 2.69. The van der Waals surface area contributed by atoms with Gasteiger partial charge >= 0.3 is 11.8 Å². The number of alkyl halides is 2. The van der Waals surface area contributed by atoms with Crippen LogP contribution < -0.4 is 5.73 Å². The summed E-state index contributed by atoms with van der Waals surface area (Å²) >= 11 is 0. The number of hydrogen-bond donors (Lipinski definition) is 2. The highest BCUT2D eigenvalue weighted by Crippen LogP contribution is 2.31. The molecule has 0 aromatic carbocycles. The normalized spacial score (nSPS) is 10.4. The Morgan fingerprint density at radius 2 is 2.19 bits per heavy atom. The van der Waals surface area contributed by atoms with Gasteiger partial charge in [0.25, 0.3) is 6.43 Å². The highest BCUT2D eigenvalue weighted by Gasteiger charge is 2.31. The molecule has 1 aromatic heterocycles. The van der Waals surface area contributed by atoms with Gasteiger partial charge in [-0.1, -0.05) is 0 Å². The Bertz CT molecular complexity index is 428. The van der Waals surface area contributed by atoms with Gasteiger partial charge in [-0.2, -0.15) is 0 Å². The van der Waals surface area contributed by atoms with Crippen LogP contribution in [0.3, 0.4) is 0 Å².